The molecule has 184 valence electrons. The number of aromatic carboxylic acids is 1. The van der Waals surface area contributed by atoms with Crippen molar-refractivity contribution >= 4 is 41.1 Å². The number of rotatable bonds is 8. The topological polar surface area (TPSA) is 53.0 Å². The summed E-state index contributed by atoms with van der Waals surface area (Å²) in [4.78, 5) is 15.9. The Bertz CT molecular complexity index is 1190. The minimum Gasteiger partial charge on any atom is -0.478 e. The Morgan fingerprint density at radius 3 is 2.63 bits per heavy atom. The Morgan fingerprint density at radius 2 is 1.94 bits per heavy atom. The molecule has 4 rings (SSSR count). The van der Waals surface area contributed by atoms with Crippen LogP contribution in [0.1, 0.15) is 36.5 Å². The number of benzene rings is 3. The first-order chi connectivity index (χ1) is 16.9. The maximum Gasteiger partial charge on any atom is 0.339 e. The SMILES string of the molecule is CCCCC1CN(c2ccccc2)c2cc(SC)c(Oc3cc(F)ccc3C(=O)O)cc2SN1C. The van der Waals surface area contributed by atoms with Gasteiger partial charge in [0.05, 0.1) is 15.5 Å². The summed E-state index contributed by atoms with van der Waals surface area (Å²) in [5.74, 6) is -1.22. The van der Waals surface area contributed by atoms with Crippen molar-refractivity contribution in [2.24, 2.45) is 0 Å². The zero-order valence-electron chi connectivity index (χ0n) is 20.0. The fourth-order valence-electron chi connectivity index (χ4n) is 4.15. The van der Waals surface area contributed by atoms with Crippen molar-refractivity contribution < 1.29 is 19.0 Å². The van der Waals surface area contributed by atoms with E-state index in [1.54, 1.807) is 11.9 Å². The molecular weight excluding hydrogens is 483 g/mol. The molecule has 1 atom stereocenters. The zero-order chi connectivity index (χ0) is 24.9. The summed E-state index contributed by atoms with van der Waals surface area (Å²) in [6.07, 6.45) is 5.32. The third kappa shape index (κ3) is 5.77. The number of fused-ring (bicyclic) bond motifs is 1. The highest BCUT2D eigenvalue weighted by atomic mass is 32.2. The van der Waals surface area contributed by atoms with Crippen LogP contribution in [0.15, 0.2) is 70.5 Å². The van der Waals surface area contributed by atoms with E-state index in [1.165, 1.54) is 17.8 Å². The second-order valence-electron chi connectivity index (χ2n) is 8.40. The molecule has 0 spiro atoms. The van der Waals surface area contributed by atoms with Gasteiger partial charge < -0.3 is 14.7 Å². The van der Waals surface area contributed by atoms with Gasteiger partial charge in [-0.3, -0.25) is 0 Å². The fraction of sp³-hybridized carbons (Fsp3) is 0.296. The van der Waals surface area contributed by atoms with E-state index < -0.39 is 11.8 Å². The van der Waals surface area contributed by atoms with Gasteiger partial charge in [-0.2, -0.15) is 0 Å². The van der Waals surface area contributed by atoms with Crippen molar-refractivity contribution in [2.75, 3.05) is 24.7 Å². The molecule has 0 aliphatic carbocycles. The van der Waals surface area contributed by atoms with Crippen LogP contribution in [0.5, 0.6) is 11.5 Å². The lowest BCUT2D eigenvalue weighted by atomic mass is 10.1. The number of anilines is 2. The number of carbonyl (C=O) groups is 1. The number of carboxylic acids is 1. The first-order valence-electron chi connectivity index (χ1n) is 11.6. The van der Waals surface area contributed by atoms with Crippen molar-refractivity contribution in [1.82, 2.24) is 4.31 Å². The van der Waals surface area contributed by atoms with E-state index in [-0.39, 0.29) is 11.3 Å². The van der Waals surface area contributed by atoms with E-state index in [0.717, 1.165) is 59.1 Å². The second-order valence-corrected chi connectivity index (χ2v) is 10.4. The Hall–Kier alpha value is -2.68. The lowest BCUT2D eigenvalue weighted by Crippen LogP contribution is -2.35. The summed E-state index contributed by atoms with van der Waals surface area (Å²) in [5, 5.41) is 9.56. The molecule has 3 aromatic carbocycles. The molecule has 0 saturated heterocycles. The van der Waals surface area contributed by atoms with Crippen molar-refractivity contribution in [3.63, 3.8) is 0 Å². The lowest BCUT2D eigenvalue weighted by molar-refractivity contribution is 0.0694. The molecule has 1 aliphatic heterocycles. The number of unbranched alkanes of at least 4 members (excludes halogenated alkanes) is 1. The van der Waals surface area contributed by atoms with Gasteiger partial charge in [0.25, 0.3) is 0 Å². The summed E-state index contributed by atoms with van der Waals surface area (Å²) < 4.78 is 22.3. The summed E-state index contributed by atoms with van der Waals surface area (Å²) in [6, 6.07) is 18.2. The van der Waals surface area contributed by atoms with Crippen LogP contribution in [0.2, 0.25) is 0 Å². The van der Waals surface area contributed by atoms with Gasteiger partial charge in [0.15, 0.2) is 0 Å². The minimum atomic E-state index is -1.16. The molecule has 0 amide bonds. The number of halogens is 1. The van der Waals surface area contributed by atoms with Gasteiger partial charge in [-0.25, -0.2) is 13.5 Å². The molecular formula is C27H29FN2O3S2. The van der Waals surface area contributed by atoms with Crippen molar-refractivity contribution in [1.29, 1.82) is 0 Å². The predicted molar refractivity (Wildman–Crippen MR) is 142 cm³/mol. The van der Waals surface area contributed by atoms with Crippen LogP contribution in [-0.4, -0.2) is 41.3 Å². The van der Waals surface area contributed by atoms with Crippen LogP contribution < -0.4 is 9.64 Å². The van der Waals surface area contributed by atoms with E-state index in [4.69, 9.17) is 4.74 Å². The van der Waals surface area contributed by atoms with Crippen molar-refractivity contribution in [2.45, 2.75) is 42.0 Å². The van der Waals surface area contributed by atoms with E-state index in [1.807, 2.05) is 30.5 Å². The maximum atomic E-state index is 14.0. The van der Waals surface area contributed by atoms with E-state index >= 15 is 0 Å². The van der Waals surface area contributed by atoms with Gasteiger partial charge in [0, 0.05) is 24.3 Å². The summed E-state index contributed by atoms with van der Waals surface area (Å²) in [6.45, 7) is 3.06. The molecule has 1 aliphatic rings. The Labute approximate surface area is 214 Å². The largest absolute Gasteiger partial charge is 0.478 e. The number of likely N-dealkylation sites (N-methyl/N-ethyl adjacent to an activating group) is 1. The number of hydrogen-bond donors (Lipinski definition) is 1. The van der Waals surface area contributed by atoms with E-state index in [9.17, 15) is 14.3 Å². The number of thioether (sulfide) groups is 1. The van der Waals surface area contributed by atoms with Gasteiger partial charge in [-0.1, -0.05) is 38.0 Å². The Kier molecular flexibility index (Phi) is 8.26. The van der Waals surface area contributed by atoms with Gasteiger partial charge in [0.1, 0.15) is 22.9 Å². The van der Waals surface area contributed by atoms with Gasteiger partial charge in [0.2, 0.25) is 0 Å². The summed E-state index contributed by atoms with van der Waals surface area (Å²) >= 11 is 3.17. The van der Waals surface area contributed by atoms with Crippen LogP contribution in [0.25, 0.3) is 0 Å². The Morgan fingerprint density at radius 1 is 1.17 bits per heavy atom. The molecule has 0 fully saturated rings. The molecule has 8 heteroatoms. The van der Waals surface area contributed by atoms with Crippen LogP contribution in [0.3, 0.4) is 0 Å². The lowest BCUT2D eigenvalue weighted by Gasteiger charge is -2.30. The fourth-order valence-corrected chi connectivity index (χ4v) is 5.73. The number of carboxylic acid groups (broad SMARTS) is 1. The number of hydrogen-bond acceptors (Lipinski definition) is 6. The van der Waals surface area contributed by atoms with Crippen LogP contribution in [-0.2, 0) is 0 Å². The molecule has 35 heavy (non-hydrogen) atoms. The van der Waals surface area contributed by atoms with Crippen LogP contribution in [0.4, 0.5) is 15.8 Å². The standard InChI is InChI=1S/C27H29FN2O3S2/c1-4-5-9-20-17-30(19-10-7-6-8-11-19)22-15-26(34-3)24(16-25(22)35-29(20)2)33-23-14-18(28)12-13-21(23)27(31)32/h6-8,10-16,20H,4-5,9,17H2,1-3H3,(H,31,32). The molecule has 0 radical (unpaired) electrons. The number of nitrogens with zero attached hydrogens (tertiary/aromatic N) is 2. The van der Waals surface area contributed by atoms with E-state index in [2.05, 4.69) is 41.4 Å². The van der Waals surface area contributed by atoms with Crippen LogP contribution >= 0.6 is 23.7 Å². The molecule has 1 N–H and O–H groups in total. The summed E-state index contributed by atoms with van der Waals surface area (Å²) in [7, 11) is 2.11. The van der Waals surface area contributed by atoms with Crippen molar-refractivity contribution in [3.05, 3.63) is 72.0 Å². The third-order valence-electron chi connectivity index (χ3n) is 6.04. The highest BCUT2D eigenvalue weighted by Crippen LogP contribution is 2.46. The smallest absolute Gasteiger partial charge is 0.339 e. The average Bonchev–Trinajstić information content (AvgIpc) is 2.98. The molecule has 3 aromatic rings. The number of ether oxygens (including phenoxy) is 1. The molecule has 1 unspecified atom stereocenters. The molecule has 1 heterocycles. The highest BCUT2D eigenvalue weighted by Gasteiger charge is 2.29. The normalized spacial score (nSPS) is 16.0. The van der Waals surface area contributed by atoms with Gasteiger partial charge in [-0.05, 0) is 68.1 Å². The van der Waals surface area contributed by atoms with Gasteiger partial charge >= 0.3 is 5.97 Å². The molecule has 0 saturated carbocycles. The zero-order valence-corrected chi connectivity index (χ0v) is 21.7. The first kappa shape index (κ1) is 25.4. The molecule has 5 nitrogen and oxygen atoms in total. The minimum absolute atomic E-state index is 0.0135. The molecule has 0 bridgehead atoms. The predicted octanol–water partition coefficient (Wildman–Crippen LogP) is 7.69. The Balaban J connectivity index is 1.80. The second kappa shape index (κ2) is 11.4. The highest BCUT2D eigenvalue weighted by molar-refractivity contribution is 7.98. The molecule has 0 aromatic heterocycles. The third-order valence-corrected chi connectivity index (χ3v) is 7.91. The average molecular weight is 513 g/mol. The van der Waals surface area contributed by atoms with Gasteiger partial charge in [-0.15, -0.1) is 11.8 Å². The quantitative estimate of drug-likeness (QED) is 0.245. The monoisotopic (exact) mass is 512 g/mol. The number of para-hydroxylation sites is 1. The van der Waals surface area contributed by atoms with Crippen LogP contribution in [0, 0.1) is 5.82 Å². The maximum absolute atomic E-state index is 14.0. The first-order valence-corrected chi connectivity index (χ1v) is 13.6. The van der Waals surface area contributed by atoms with E-state index in [0.29, 0.717) is 11.8 Å². The van der Waals surface area contributed by atoms with Crippen molar-refractivity contribution in [3.8, 4) is 11.5 Å². The summed E-state index contributed by atoms with van der Waals surface area (Å²) in [5.41, 5.74) is 2.11.